The molecule has 0 fully saturated rings. The Bertz CT molecular complexity index is 330. The van der Waals surface area contributed by atoms with Crippen molar-refractivity contribution in [1.82, 2.24) is 0 Å². The highest BCUT2D eigenvalue weighted by molar-refractivity contribution is 5.74. The molecule has 0 unspecified atom stereocenters. The topological polar surface area (TPSA) is 37.3 Å². The Morgan fingerprint density at radius 2 is 1.87 bits per heavy atom. The maximum absolute atomic E-state index is 11.3. The van der Waals surface area contributed by atoms with Crippen LogP contribution in [0.4, 0.5) is 0 Å². The van der Waals surface area contributed by atoms with Crippen LogP contribution in [0.15, 0.2) is 30.3 Å². The summed E-state index contributed by atoms with van der Waals surface area (Å²) in [5.41, 5.74) is 0.401. The first kappa shape index (κ1) is 11.8. The molecular weight excluding hydrogens is 188 g/mol. The van der Waals surface area contributed by atoms with E-state index in [1.807, 2.05) is 51.1 Å². The van der Waals surface area contributed by atoms with E-state index in [1.54, 1.807) is 0 Å². The average Bonchev–Trinajstić information content (AvgIpc) is 2.18. The second kappa shape index (κ2) is 4.47. The third-order valence-corrected chi connectivity index (χ3v) is 3.18. The second-order valence-electron chi connectivity index (χ2n) is 4.54. The summed E-state index contributed by atoms with van der Waals surface area (Å²) in [5, 5.41) is 9.26. The van der Waals surface area contributed by atoms with Gasteiger partial charge in [0.05, 0.1) is 5.41 Å². The Labute approximate surface area is 90.9 Å². The van der Waals surface area contributed by atoms with Crippen LogP contribution in [0.2, 0.25) is 0 Å². The quantitative estimate of drug-likeness (QED) is 0.822. The summed E-state index contributed by atoms with van der Waals surface area (Å²) in [4.78, 5) is 11.3. The highest BCUT2D eigenvalue weighted by Crippen LogP contribution is 2.31. The first-order chi connectivity index (χ1) is 6.97. The Balaban J connectivity index is 2.90. The van der Waals surface area contributed by atoms with E-state index < -0.39 is 11.4 Å². The van der Waals surface area contributed by atoms with Gasteiger partial charge in [-0.1, -0.05) is 44.2 Å². The molecule has 1 atom stereocenters. The van der Waals surface area contributed by atoms with Gasteiger partial charge in [0.1, 0.15) is 0 Å². The van der Waals surface area contributed by atoms with E-state index in [0.717, 1.165) is 5.56 Å². The molecule has 0 aliphatic heterocycles. The van der Waals surface area contributed by atoms with Gasteiger partial charge in [-0.3, -0.25) is 4.79 Å². The number of rotatable bonds is 4. The molecule has 1 N–H and O–H groups in total. The number of carboxylic acids is 1. The third-order valence-electron chi connectivity index (χ3n) is 3.18. The van der Waals surface area contributed by atoms with Crippen molar-refractivity contribution in [3.8, 4) is 0 Å². The van der Waals surface area contributed by atoms with Crippen LogP contribution in [-0.4, -0.2) is 11.1 Å². The van der Waals surface area contributed by atoms with E-state index in [4.69, 9.17) is 0 Å². The van der Waals surface area contributed by atoms with Crippen molar-refractivity contribution in [2.75, 3.05) is 0 Å². The van der Waals surface area contributed by atoms with E-state index in [1.165, 1.54) is 0 Å². The van der Waals surface area contributed by atoms with Gasteiger partial charge < -0.3 is 5.11 Å². The molecule has 1 aromatic rings. The fourth-order valence-electron chi connectivity index (χ4n) is 1.55. The van der Waals surface area contributed by atoms with Crippen molar-refractivity contribution in [3.05, 3.63) is 35.9 Å². The first-order valence-electron chi connectivity index (χ1n) is 5.24. The van der Waals surface area contributed by atoms with Crippen LogP contribution >= 0.6 is 0 Å². The van der Waals surface area contributed by atoms with E-state index >= 15 is 0 Å². The molecule has 0 radical (unpaired) electrons. The van der Waals surface area contributed by atoms with Gasteiger partial charge in [0.15, 0.2) is 0 Å². The third kappa shape index (κ3) is 2.58. The number of hydrogen-bond donors (Lipinski definition) is 1. The lowest BCUT2D eigenvalue weighted by Gasteiger charge is -2.29. The Morgan fingerprint density at radius 1 is 1.33 bits per heavy atom. The number of carboxylic acid groups (broad SMARTS) is 1. The Kier molecular flexibility index (Phi) is 3.51. The van der Waals surface area contributed by atoms with Gasteiger partial charge in [-0.25, -0.2) is 0 Å². The molecule has 0 saturated heterocycles. The van der Waals surface area contributed by atoms with Gasteiger partial charge in [0.2, 0.25) is 0 Å². The van der Waals surface area contributed by atoms with Crippen LogP contribution < -0.4 is 0 Å². The summed E-state index contributed by atoms with van der Waals surface area (Å²) < 4.78 is 0. The largest absolute Gasteiger partial charge is 0.481 e. The normalized spacial score (nSPS) is 14.9. The molecule has 82 valence electrons. The van der Waals surface area contributed by atoms with Crippen molar-refractivity contribution < 1.29 is 9.90 Å². The minimum Gasteiger partial charge on any atom is -0.481 e. The predicted octanol–water partition coefficient (Wildman–Crippen LogP) is 2.98. The first-order valence-corrected chi connectivity index (χ1v) is 5.24. The summed E-state index contributed by atoms with van der Waals surface area (Å²) in [6, 6.07) is 9.78. The molecule has 0 heterocycles. The highest BCUT2D eigenvalue weighted by atomic mass is 16.4. The molecular formula is C13H18O2. The van der Waals surface area contributed by atoms with E-state index in [0.29, 0.717) is 6.42 Å². The fraction of sp³-hybridized carbons (Fsp3) is 0.462. The van der Waals surface area contributed by atoms with Crippen molar-refractivity contribution >= 4 is 5.97 Å². The number of carbonyl (C=O) groups is 1. The molecule has 0 aliphatic carbocycles. The van der Waals surface area contributed by atoms with Gasteiger partial charge in [0.25, 0.3) is 0 Å². The van der Waals surface area contributed by atoms with E-state index in [-0.39, 0.29) is 5.92 Å². The summed E-state index contributed by atoms with van der Waals surface area (Å²) >= 11 is 0. The number of benzene rings is 1. The van der Waals surface area contributed by atoms with Gasteiger partial charge in [-0.05, 0) is 24.8 Å². The van der Waals surface area contributed by atoms with Crippen molar-refractivity contribution in [2.24, 2.45) is 11.3 Å². The van der Waals surface area contributed by atoms with Crippen LogP contribution in [0, 0.1) is 11.3 Å². The smallest absolute Gasteiger partial charge is 0.309 e. The van der Waals surface area contributed by atoms with Crippen LogP contribution in [-0.2, 0) is 11.2 Å². The summed E-state index contributed by atoms with van der Waals surface area (Å²) in [6.45, 7) is 5.72. The maximum Gasteiger partial charge on any atom is 0.309 e. The molecule has 0 spiro atoms. The number of hydrogen-bond acceptors (Lipinski definition) is 1. The van der Waals surface area contributed by atoms with Crippen LogP contribution in [0.1, 0.15) is 26.3 Å². The zero-order chi connectivity index (χ0) is 11.5. The molecule has 1 aromatic carbocycles. The predicted molar refractivity (Wildman–Crippen MR) is 60.7 cm³/mol. The van der Waals surface area contributed by atoms with Gasteiger partial charge in [-0.2, -0.15) is 0 Å². The Morgan fingerprint density at radius 3 is 2.27 bits per heavy atom. The zero-order valence-corrected chi connectivity index (χ0v) is 9.53. The molecule has 15 heavy (non-hydrogen) atoms. The summed E-state index contributed by atoms with van der Waals surface area (Å²) in [7, 11) is 0. The lowest BCUT2D eigenvalue weighted by atomic mass is 9.74. The molecule has 0 amide bonds. The standard InChI is InChI=1S/C13H18O2/c1-10(2)13(3,12(14)15)9-11-7-5-4-6-8-11/h4-8,10H,9H2,1-3H3,(H,14,15)/t13-/m0/s1. The van der Waals surface area contributed by atoms with Crippen molar-refractivity contribution in [2.45, 2.75) is 27.2 Å². The minimum atomic E-state index is -0.721. The van der Waals surface area contributed by atoms with Gasteiger partial charge in [0, 0.05) is 0 Å². The van der Waals surface area contributed by atoms with Crippen molar-refractivity contribution in [3.63, 3.8) is 0 Å². The summed E-state index contributed by atoms with van der Waals surface area (Å²) in [5.74, 6) is -0.600. The lowest BCUT2D eigenvalue weighted by Crippen LogP contribution is -2.35. The number of aliphatic carboxylic acids is 1. The molecule has 2 nitrogen and oxygen atoms in total. The molecule has 0 saturated carbocycles. The van der Waals surface area contributed by atoms with E-state index in [2.05, 4.69) is 0 Å². The molecule has 2 heteroatoms. The van der Waals surface area contributed by atoms with Gasteiger partial charge >= 0.3 is 5.97 Å². The summed E-state index contributed by atoms with van der Waals surface area (Å²) in [6.07, 6.45) is 0.584. The molecule has 0 aliphatic rings. The van der Waals surface area contributed by atoms with Gasteiger partial charge in [-0.15, -0.1) is 0 Å². The average molecular weight is 206 g/mol. The molecule has 1 rings (SSSR count). The lowest BCUT2D eigenvalue weighted by molar-refractivity contribution is -0.150. The van der Waals surface area contributed by atoms with Crippen molar-refractivity contribution in [1.29, 1.82) is 0 Å². The maximum atomic E-state index is 11.3. The SMILES string of the molecule is CC(C)[C@](C)(Cc1ccccc1)C(=O)O. The monoisotopic (exact) mass is 206 g/mol. The van der Waals surface area contributed by atoms with Crippen LogP contribution in [0.25, 0.3) is 0 Å². The van der Waals surface area contributed by atoms with Crippen LogP contribution in [0.3, 0.4) is 0 Å². The zero-order valence-electron chi connectivity index (χ0n) is 9.53. The molecule has 0 bridgehead atoms. The Hall–Kier alpha value is -1.31. The highest BCUT2D eigenvalue weighted by Gasteiger charge is 2.36. The molecule has 0 aromatic heterocycles. The minimum absolute atomic E-state index is 0.121. The second-order valence-corrected chi connectivity index (χ2v) is 4.54. The fourth-order valence-corrected chi connectivity index (χ4v) is 1.55. The van der Waals surface area contributed by atoms with Crippen LogP contribution in [0.5, 0.6) is 0 Å². The van der Waals surface area contributed by atoms with E-state index in [9.17, 15) is 9.90 Å².